The predicted molar refractivity (Wildman–Crippen MR) is 250 cm³/mol. The Morgan fingerprint density at radius 2 is 1.23 bits per heavy atom. The van der Waals surface area contributed by atoms with Crippen molar-refractivity contribution < 1.29 is 33.4 Å². The first-order valence-corrected chi connectivity index (χ1v) is 23.2. The number of nitrogens with one attached hydrogen (secondary N) is 5. The SMILES string of the molecule is COC(=O)N[C@H](C(=O)N1CCC[C@H]1c1nc2ccc([C@H]3CC[C@H](c4ccc5nc([C@@H]6CCCN6C(=O)[C@@H](NC(=O)O)C(C)C)[nH]c5c4)N3c3ccc(NC(C)(C)C)c(F)c3)cc2[nH]1)C(C)C. The number of carbonyl (C=O) groups excluding carboxylic acids is 3. The summed E-state index contributed by atoms with van der Waals surface area (Å²) in [5.74, 6) is 0.185. The van der Waals surface area contributed by atoms with Crippen LogP contribution in [0, 0.1) is 17.7 Å². The molecule has 3 aliphatic rings. The molecule has 16 nitrogen and oxygen atoms in total. The van der Waals surface area contributed by atoms with Crippen molar-refractivity contribution in [3.63, 3.8) is 0 Å². The zero-order chi connectivity index (χ0) is 47.2. The Morgan fingerprint density at radius 3 is 1.67 bits per heavy atom. The van der Waals surface area contributed by atoms with Crippen LogP contribution in [0.25, 0.3) is 22.1 Å². The molecule has 0 spiro atoms. The molecule has 6 N–H and O–H groups in total. The molecule has 0 unspecified atom stereocenters. The minimum absolute atomic E-state index is 0.132. The van der Waals surface area contributed by atoms with E-state index < -0.39 is 24.3 Å². The van der Waals surface area contributed by atoms with Crippen LogP contribution in [0.1, 0.15) is 134 Å². The van der Waals surface area contributed by atoms with Crippen molar-refractivity contribution in [3.05, 3.63) is 83.2 Å². The number of nitrogens with zero attached hydrogens (tertiary/aromatic N) is 5. The van der Waals surface area contributed by atoms with Gasteiger partial charge >= 0.3 is 12.2 Å². The maximum Gasteiger partial charge on any atom is 0.407 e. The van der Waals surface area contributed by atoms with Gasteiger partial charge in [0.25, 0.3) is 0 Å². The summed E-state index contributed by atoms with van der Waals surface area (Å²) in [5, 5.41) is 17.9. The third-order valence-electron chi connectivity index (χ3n) is 13.3. The van der Waals surface area contributed by atoms with E-state index in [0.29, 0.717) is 36.8 Å². The Hall–Kier alpha value is -6.39. The molecule has 0 aliphatic carbocycles. The van der Waals surface area contributed by atoms with Crippen LogP contribution in [0.2, 0.25) is 0 Å². The number of likely N-dealkylation sites (tertiary alicyclic amines) is 2. The highest BCUT2D eigenvalue weighted by molar-refractivity contribution is 5.87. The monoisotopic (exact) mass is 906 g/mol. The van der Waals surface area contributed by atoms with E-state index in [9.17, 15) is 24.3 Å². The summed E-state index contributed by atoms with van der Waals surface area (Å²) in [7, 11) is 1.28. The zero-order valence-corrected chi connectivity index (χ0v) is 39.1. The van der Waals surface area contributed by atoms with Crippen LogP contribution in [0.15, 0.2) is 54.6 Å². The molecule has 5 heterocycles. The summed E-state index contributed by atoms with van der Waals surface area (Å²) >= 11 is 0. The number of carbonyl (C=O) groups is 4. The fourth-order valence-corrected chi connectivity index (χ4v) is 10.2. The Kier molecular flexibility index (Phi) is 12.9. The molecule has 17 heteroatoms. The Labute approximate surface area is 384 Å². The first kappa shape index (κ1) is 46.2. The summed E-state index contributed by atoms with van der Waals surface area (Å²) in [5.41, 5.74) is 6.06. The van der Waals surface area contributed by atoms with Crippen LogP contribution < -0.4 is 20.9 Å². The fourth-order valence-electron chi connectivity index (χ4n) is 10.2. The van der Waals surface area contributed by atoms with Crippen molar-refractivity contribution in [2.45, 2.75) is 129 Å². The largest absolute Gasteiger partial charge is 0.465 e. The van der Waals surface area contributed by atoms with Gasteiger partial charge < -0.3 is 50.5 Å². The van der Waals surface area contributed by atoms with E-state index in [1.165, 1.54) is 7.11 Å². The average Bonchev–Trinajstić information content (AvgIpc) is 4.12. The average molecular weight is 907 g/mol. The molecule has 8 rings (SSSR count). The molecule has 6 atom stereocenters. The maximum atomic E-state index is 16.1. The quantitative estimate of drug-likeness (QED) is 0.0703. The molecule has 0 bridgehead atoms. The number of aromatic amines is 2. The van der Waals surface area contributed by atoms with Crippen LogP contribution >= 0.6 is 0 Å². The number of anilines is 2. The van der Waals surface area contributed by atoms with E-state index in [1.807, 2.05) is 66.7 Å². The number of imidazole rings is 2. The smallest absolute Gasteiger partial charge is 0.407 e. The number of methoxy groups -OCH3 is 1. The number of hydrogen-bond acceptors (Lipinski definition) is 9. The molecule has 3 fully saturated rings. The number of aromatic nitrogens is 4. The van der Waals surface area contributed by atoms with E-state index in [4.69, 9.17) is 14.7 Å². The normalized spacial score (nSPS) is 21.0. The van der Waals surface area contributed by atoms with Crippen molar-refractivity contribution in [3.8, 4) is 0 Å². The summed E-state index contributed by atoms with van der Waals surface area (Å²) in [6, 6.07) is 15.3. The lowest BCUT2D eigenvalue weighted by Gasteiger charge is -2.34. The molecular formula is C49H63FN10O6. The van der Waals surface area contributed by atoms with Gasteiger partial charge in [0.1, 0.15) is 29.5 Å². The third-order valence-corrected chi connectivity index (χ3v) is 13.3. The van der Waals surface area contributed by atoms with Gasteiger partial charge in [-0.25, -0.2) is 23.9 Å². The van der Waals surface area contributed by atoms with Gasteiger partial charge in [-0.1, -0.05) is 39.8 Å². The highest BCUT2D eigenvalue weighted by Gasteiger charge is 2.40. The first-order chi connectivity index (χ1) is 31.4. The molecule has 4 amide bonds. The number of amides is 4. The van der Waals surface area contributed by atoms with Crippen molar-refractivity contribution >= 4 is 57.4 Å². The van der Waals surface area contributed by atoms with Crippen molar-refractivity contribution in [1.82, 2.24) is 40.4 Å². The molecule has 2 aromatic heterocycles. The Morgan fingerprint density at radius 1 is 0.727 bits per heavy atom. The molecule has 0 radical (unpaired) electrons. The van der Waals surface area contributed by atoms with Gasteiger partial charge in [0.05, 0.1) is 59.0 Å². The standard InChI is InChI=1S/C49H63FN10O6/c1-26(2)41(55-47(63)64)45(61)58-21-9-11-39(58)43-51-33-16-13-28(23-35(33)53-43)37-19-20-38(60(37)30-15-18-32(31(50)25-30)57-49(5,6)7)29-14-17-34-36(24-29)54-44(52-34)40-12-10-22-59(40)46(62)42(27(3)4)56-48(65)66-8/h13-18,23-27,37-42,55,57H,9-12,19-22H2,1-8H3,(H,51,53)(H,52,54)(H,56,65)(H,63,64)/t37-,38-,39+,40+,41+,42+/m1/s1. The first-order valence-electron chi connectivity index (χ1n) is 23.2. The van der Waals surface area contributed by atoms with Gasteiger partial charge in [0.15, 0.2) is 0 Å². The molecule has 3 aliphatic heterocycles. The number of benzene rings is 3. The number of rotatable bonds is 12. The summed E-state index contributed by atoms with van der Waals surface area (Å²) in [6.45, 7) is 14.5. The number of carboxylic acid groups (broad SMARTS) is 1. The molecule has 0 saturated carbocycles. The van der Waals surface area contributed by atoms with Gasteiger partial charge in [-0.05, 0) is 125 Å². The van der Waals surface area contributed by atoms with Crippen LogP contribution in [0.4, 0.5) is 25.4 Å². The molecule has 352 valence electrons. The van der Waals surface area contributed by atoms with Gasteiger partial charge in [-0.2, -0.15) is 0 Å². The summed E-state index contributed by atoms with van der Waals surface area (Å²) in [4.78, 5) is 74.2. The zero-order valence-electron chi connectivity index (χ0n) is 39.1. The van der Waals surface area contributed by atoms with E-state index in [0.717, 1.165) is 71.0 Å². The molecule has 3 saturated heterocycles. The number of ether oxygens (including phenoxy) is 1. The van der Waals surface area contributed by atoms with Gasteiger partial charge in [0.2, 0.25) is 11.8 Å². The highest BCUT2D eigenvalue weighted by atomic mass is 19.1. The minimum Gasteiger partial charge on any atom is -0.465 e. The lowest BCUT2D eigenvalue weighted by Crippen LogP contribution is -2.51. The van der Waals surface area contributed by atoms with Gasteiger partial charge in [0, 0.05) is 24.3 Å². The van der Waals surface area contributed by atoms with Crippen LogP contribution in [-0.4, -0.2) is 96.7 Å². The number of alkyl carbamates (subject to hydrolysis) is 1. The lowest BCUT2D eigenvalue weighted by molar-refractivity contribution is -0.136. The lowest BCUT2D eigenvalue weighted by atomic mass is 10.0. The fraction of sp³-hybridized carbons (Fsp3) is 0.510. The summed E-state index contributed by atoms with van der Waals surface area (Å²) < 4.78 is 20.9. The van der Waals surface area contributed by atoms with E-state index in [-0.39, 0.29) is 59.2 Å². The topological polar surface area (TPSA) is 201 Å². The molecule has 3 aromatic carbocycles. The number of fused-ring (bicyclic) bond motifs is 2. The number of halogens is 1. The van der Waals surface area contributed by atoms with Crippen LogP contribution in [-0.2, 0) is 14.3 Å². The molecular weight excluding hydrogens is 844 g/mol. The molecule has 5 aromatic rings. The van der Waals surface area contributed by atoms with Crippen molar-refractivity contribution in [1.29, 1.82) is 0 Å². The summed E-state index contributed by atoms with van der Waals surface area (Å²) in [6.07, 6.45) is 2.68. The second-order valence-electron chi connectivity index (χ2n) is 19.8. The van der Waals surface area contributed by atoms with Crippen molar-refractivity contribution in [2.24, 2.45) is 11.8 Å². The van der Waals surface area contributed by atoms with Gasteiger partial charge in [-0.15, -0.1) is 0 Å². The van der Waals surface area contributed by atoms with E-state index in [2.05, 4.69) is 55.1 Å². The number of hydrogen-bond donors (Lipinski definition) is 6. The van der Waals surface area contributed by atoms with Crippen molar-refractivity contribution in [2.75, 3.05) is 30.4 Å². The minimum atomic E-state index is -1.23. The number of H-pyrrole nitrogens is 2. The predicted octanol–water partition coefficient (Wildman–Crippen LogP) is 8.87. The highest BCUT2D eigenvalue weighted by Crippen LogP contribution is 2.48. The third kappa shape index (κ3) is 9.34. The molecule has 66 heavy (non-hydrogen) atoms. The van der Waals surface area contributed by atoms with Crippen LogP contribution in [0.5, 0.6) is 0 Å². The Bertz CT molecular complexity index is 2620. The second kappa shape index (κ2) is 18.5. The van der Waals surface area contributed by atoms with E-state index in [1.54, 1.807) is 21.9 Å². The van der Waals surface area contributed by atoms with Gasteiger partial charge in [-0.3, -0.25) is 9.59 Å². The maximum absolute atomic E-state index is 16.1. The second-order valence-corrected chi connectivity index (χ2v) is 19.8. The van der Waals surface area contributed by atoms with E-state index >= 15 is 4.39 Å². The Balaban J connectivity index is 1.11. The van der Waals surface area contributed by atoms with Crippen LogP contribution in [0.3, 0.4) is 0 Å².